The summed E-state index contributed by atoms with van der Waals surface area (Å²) < 4.78 is 81.9. The fourth-order valence-electron chi connectivity index (χ4n) is 4.89. The molecule has 6 nitrogen and oxygen atoms in total. The molecule has 1 aromatic heterocycles. The molecule has 1 fully saturated rings. The van der Waals surface area contributed by atoms with E-state index in [4.69, 9.17) is 9.15 Å². The summed E-state index contributed by atoms with van der Waals surface area (Å²) in [6.07, 6.45) is 3.91. The summed E-state index contributed by atoms with van der Waals surface area (Å²) in [6.45, 7) is -0.117. The molecule has 33 heavy (non-hydrogen) atoms. The van der Waals surface area contributed by atoms with Gasteiger partial charge in [-0.05, 0) is 43.4 Å². The Morgan fingerprint density at radius 1 is 1.12 bits per heavy atom. The summed E-state index contributed by atoms with van der Waals surface area (Å²) >= 11 is 0. The number of nitrogens with one attached hydrogen (secondary N) is 1. The fraction of sp³-hybridized carbons (Fsp3) is 0.348. The highest BCUT2D eigenvalue weighted by Crippen LogP contribution is 2.45. The average molecular weight is 478 g/mol. The summed E-state index contributed by atoms with van der Waals surface area (Å²) in [5.74, 6) is -2.11. The first-order valence-corrected chi connectivity index (χ1v) is 12.3. The summed E-state index contributed by atoms with van der Waals surface area (Å²) in [7, 11) is -3.45. The van der Waals surface area contributed by atoms with E-state index in [1.807, 2.05) is 0 Å². The quantitative estimate of drug-likeness (QED) is 0.596. The summed E-state index contributed by atoms with van der Waals surface area (Å²) in [6, 6.07) is 5.90. The molecule has 0 radical (unpaired) electrons. The van der Waals surface area contributed by atoms with Gasteiger partial charge in [0.25, 0.3) is 0 Å². The normalized spacial score (nSPS) is 22.4. The lowest BCUT2D eigenvalue weighted by atomic mass is 9.79. The number of halogens is 3. The van der Waals surface area contributed by atoms with Gasteiger partial charge in [-0.15, -0.1) is 0 Å². The zero-order valence-corrected chi connectivity index (χ0v) is 18.5. The minimum absolute atomic E-state index is 0.0182. The molecule has 3 aromatic rings. The molecule has 0 amide bonds. The smallest absolute Gasteiger partial charge is 0.208 e. The van der Waals surface area contributed by atoms with Crippen molar-refractivity contribution in [1.29, 1.82) is 0 Å². The Kier molecular flexibility index (Phi) is 5.24. The third-order valence-electron chi connectivity index (χ3n) is 6.28. The van der Waals surface area contributed by atoms with Crippen molar-refractivity contribution in [1.82, 2.24) is 9.71 Å². The molecule has 0 unspecified atom stereocenters. The van der Waals surface area contributed by atoms with Gasteiger partial charge in [-0.2, -0.15) is 0 Å². The Balaban J connectivity index is 1.66. The molecule has 1 N–H and O–H groups in total. The third kappa shape index (κ3) is 4.13. The monoisotopic (exact) mass is 478 g/mol. The SMILES string of the molecule is CS(=O)(=O)N[C@H]1CC[C@@]2(Cc3cc(c(F)cc3F)-c3cccc(F)c3OCc3coc2n3)C1. The predicted molar refractivity (Wildman–Crippen MR) is 114 cm³/mol. The number of sulfonamides is 1. The van der Waals surface area contributed by atoms with Crippen LogP contribution in [0.3, 0.4) is 0 Å². The first-order chi connectivity index (χ1) is 15.6. The average Bonchev–Trinajstić information content (AvgIpc) is 3.35. The molecule has 1 aliphatic carbocycles. The summed E-state index contributed by atoms with van der Waals surface area (Å²) in [4.78, 5) is 4.51. The maximum absolute atomic E-state index is 14.9. The van der Waals surface area contributed by atoms with Gasteiger partial charge in [0.05, 0.1) is 11.7 Å². The molecule has 1 saturated carbocycles. The van der Waals surface area contributed by atoms with E-state index in [1.165, 1.54) is 30.5 Å². The van der Waals surface area contributed by atoms with Gasteiger partial charge in [0.2, 0.25) is 15.9 Å². The summed E-state index contributed by atoms with van der Waals surface area (Å²) in [5.41, 5.74) is -0.0366. The number of ether oxygens (including phenoxy) is 1. The maximum atomic E-state index is 14.9. The predicted octanol–water partition coefficient (Wildman–Crippen LogP) is 4.23. The second-order valence-corrected chi connectivity index (χ2v) is 10.5. The highest BCUT2D eigenvalue weighted by Gasteiger charge is 2.46. The number of para-hydroxylation sites is 1. The molecule has 5 rings (SSSR count). The van der Waals surface area contributed by atoms with E-state index in [9.17, 15) is 21.6 Å². The van der Waals surface area contributed by atoms with Crippen LogP contribution in [0.1, 0.15) is 36.4 Å². The van der Waals surface area contributed by atoms with E-state index >= 15 is 0 Å². The second kappa shape index (κ2) is 7.88. The molecule has 1 aliphatic heterocycles. The van der Waals surface area contributed by atoms with Gasteiger partial charge >= 0.3 is 0 Å². The molecule has 0 saturated heterocycles. The highest BCUT2D eigenvalue weighted by atomic mass is 32.2. The fourth-order valence-corrected chi connectivity index (χ4v) is 5.70. The van der Waals surface area contributed by atoms with Crippen molar-refractivity contribution in [3.8, 4) is 16.9 Å². The lowest BCUT2D eigenvalue weighted by molar-refractivity contribution is 0.286. The van der Waals surface area contributed by atoms with E-state index in [0.29, 0.717) is 30.8 Å². The molecule has 1 spiro atoms. The van der Waals surface area contributed by atoms with Crippen molar-refractivity contribution in [2.75, 3.05) is 6.26 Å². The van der Waals surface area contributed by atoms with Gasteiger partial charge in [0.1, 0.15) is 30.2 Å². The van der Waals surface area contributed by atoms with Crippen molar-refractivity contribution < 1.29 is 30.7 Å². The first kappa shape index (κ1) is 22.0. The lowest BCUT2D eigenvalue weighted by Crippen LogP contribution is -2.35. The molecular weight excluding hydrogens is 457 g/mol. The number of fused-ring (bicyclic) bond motifs is 7. The highest BCUT2D eigenvalue weighted by molar-refractivity contribution is 7.88. The van der Waals surface area contributed by atoms with Gasteiger partial charge in [0.15, 0.2) is 11.6 Å². The van der Waals surface area contributed by atoms with Crippen molar-refractivity contribution >= 4 is 10.0 Å². The van der Waals surface area contributed by atoms with E-state index in [0.717, 1.165) is 12.3 Å². The minimum atomic E-state index is -3.45. The van der Waals surface area contributed by atoms with Crippen LogP contribution in [0.15, 0.2) is 41.0 Å². The number of hydrogen-bond acceptors (Lipinski definition) is 5. The zero-order chi connectivity index (χ0) is 23.4. The van der Waals surface area contributed by atoms with Gasteiger partial charge in [-0.3, -0.25) is 0 Å². The zero-order valence-electron chi connectivity index (χ0n) is 17.7. The van der Waals surface area contributed by atoms with E-state index in [1.54, 1.807) is 0 Å². The van der Waals surface area contributed by atoms with Crippen LogP contribution in [0.4, 0.5) is 13.2 Å². The van der Waals surface area contributed by atoms with Gasteiger partial charge < -0.3 is 9.15 Å². The van der Waals surface area contributed by atoms with Crippen molar-refractivity contribution in [2.45, 2.75) is 43.7 Å². The topological polar surface area (TPSA) is 81.4 Å². The molecule has 174 valence electrons. The molecule has 2 aromatic carbocycles. The molecule has 4 bridgehead atoms. The van der Waals surface area contributed by atoms with Crippen LogP contribution in [0.5, 0.6) is 5.75 Å². The van der Waals surface area contributed by atoms with Crippen LogP contribution >= 0.6 is 0 Å². The van der Waals surface area contributed by atoms with E-state index in [2.05, 4.69) is 9.71 Å². The van der Waals surface area contributed by atoms with Gasteiger partial charge in [-0.25, -0.2) is 31.3 Å². The van der Waals surface area contributed by atoms with Crippen LogP contribution in [0, 0.1) is 17.5 Å². The third-order valence-corrected chi connectivity index (χ3v) is 7.04. The summed E-state index contributed by atoms with van der Waals surface area (Å²) in [5, 5.41) is 0. The number of rotatable bonds is 2. The van der Waals surface area contributed by atoms with Crippen molar-refractivity contribution in [3.05, 3.63) is 71.2 Å². The Morgan fingerprint density at radius 3 is 2.73 bits per heavy atom. The Labute approximate surface area is 188 Å². The van der Waals surface area contributed by atoms with Gasteiger partial charge in [0, 0.05) is 23.2 Å². The van der Waals surface area contributed by atoms with Crippen molar-refractivity contribution in [2.24, 2.45) is 0 Å². The molecule has 10 heteroatoms. The van der Waals surface area contributed by atoms with Crippen LogP contribution in [-0.4, -0.2) is 25.7 Å². The standard InChI is InChI=1S/C23H21F3N2O4S/c1-33(29,30)28-14-5-6-23(10-14)9-13-7-17(20(26)8-19(13)25)16-3-2-4-18(24)21(16)31-11-15-12-32-22(23)27-15/h2-4,7-8,12,14,28H,5-6,9-11H2,1H3/t14-,23+/m0/s1. The largest absolute Gasteiger partial charge is 0.483 e. The Morgan fingerprint density at radius 2 is 1.94 bits per heavy atom. The molecule has 2 heterocycles. The van der Waals surface area contributed by atoms with Crippen LogP contribution < -0.4 is 9.46 Å². The lowest BCUT2D eigenvalue weighted by Gasteiger charge is -2.27. The number of aromatic nitrogens is 1. The van der Waals surface area contributed by atoms with E-state index in [-0.39, 0.29) is 41.5 Å². The Bertz CT molecular complexity index is 1340. The Hall–Kier alpha value is -2.85. The van der Waals surface area contributed by atoms with Crippen molar-refractivity contribution in [3.63, 3.8) is 0 Å². The van der Waals surface area contributed by atoms with Crippen LogP contribution in [0.25, 0.3) is 11.1 Å². The number of benzene rings is 2. The molecular formula is C23H21F3N2O4S. The van der Waals surface area contributed by atoms with Gasteiger partial charge in [-0.1, -0.05) is 12.1 Å². The maximum Gasteiger partial charge on any atom is 0.208 e. The number of nitrogens with zero attached hydrogens (tertiary/aromatic N) is 1. The first-order valence-electron chi connectivity index (χ1n) is 10.5. The van der Waals surface area contributed by atoms with E-state index < -0.39 is 32.9 Å². The number of hydrogen-bond donors (Lipinski definition) is 1. The van der Waals surface area contributed by atoms with Crippen LogP contribution in [0.2, 0.25) is 0 Å². The second-order valence-electron chi connectivity index (χ2n) is 8.76. The van der Waals surface area contributed by atoms with Crippen LogP contribution in [-0.2, 0) is 28.5 Å². The molecule has 2 aliphatic rings. The minimum Gasteiger partial charge on any atom is -0.483 e. The number of oxazole rings is 1. The molecule has 2 atom stereocenters.